The number of aromatic nitrogens is 1. The van der Waals surface area contributed by atoms with E-state index >= 15 is 0 Å². The van der Waals surface area contributed by atoms with Gasteiger partial charge in [-0.15, -0.1) is 0 Å². The summed E-state index contributed by atoms with van der Waals surface area (Å²) >= 11 is 3.51. The second-order valence-electron chi connectivity index (χ2n) is 5.32. The van der Waals surface area contributed by atoms with Crippen LogP contribution in [0.25, 0.3) is 0 Å². The van der Waals surface area contributed by atoms with Crippen LogP contribution in [0.5, 0.6) is 0 Å². The summed E-state index contributed by atoms with van der Waals surface area (Å²) in [6.45, 7) is 5.40. The van der Waals surface area contributed by atoms with Crippen LogP contribution in [0.15, 0.2) is 47.2 Å². The minimum absolute atomic E-state index is 0.200. The monoisotopic (exact) mass is 346 g/mol. The Hall–Kier alpha value is -1.19. The third kappa shape index (κ3) is 4.65. The highest BCUT2D eigenvalue weighted by Gasteiger charge is 2.14. The van der Waals surface area contributed by atoms with E-state index in [-0.39, 0.29) is 6.04 Å². The Kier molecular flexibility index (Phi) is 6.40. The molecule has 2 aromatic rings. The van der Waals surface area contributed by atoms with Crippen LogP contribution < -0.4 is 5.32 Å². The third-order valence-corrected chi connectivity index (χ3v) is 3.94. The van der Waals surface area contributed by atoms with Crippen molar-refractivity contribution >= 4 is 15.9 Å². The predicted octanol–water partition coefficient (Wildman–Crippen LogP) is 4.89. The molecule has 112 valence electrons. The molecule has 2 rings (SSSR count). The fraction of sp³-hybridized carbons (Fsp3) is 0.389. The predicted molar refractivity (Wildman–Crippen MR) is 92.5 cm³/mol. The molecule has 0 fully saturated rings. The van der Waals surface area contributed by atoms with Gasteiger partial charge in [-0.1, -0.05) is 44.5 Å². The Bertz CT molecular complexity index is 551. The first-order chi connectivity index (χ1) is 10.2. The van der Waals surface area contributed by atoms with Gasteiger partial charge >= 0.3 is 0 Å². The molecule has 2 nitrogen and oxygen atoms in total. The SMILES string of the molecule is CCCNC(c1ccc(CCC)cc1)c1cncc(Br)c1. The lowest BCUT2D eigenvalue weighted by molar-refractivity contribution is 0.596. The van der Waals surface area contributed by atoms with E-state index in [4.69, 9.17) is 0 Å². The molecule has 0 saturated carbocycles. The molecule has 0 amide bonds. The summed E-state index contributed by atoms with van der Waals surface area (Å²) in [6.07, 6.45) is 7.22. The maximum absolute atomic E-state index is 4.30. The van der Waals surface area contributed by atoms with Crippen molar-refractivity contribution in [3.63, 3.8) is 0 Å². The van der Waals surface area contributed by atoms with Crippen molar-refractivity contribution < 1.29 is 0 Å². The van der Waals surface area contributed by atoms with E-state index in [0.29, 0.717) is 0 Å². The van der Waals surface area contributed by atoms with Crippen LogP contribution in [0.3, 0.4) is 0 Å². The fourth-order valence-corrected chi connectivity index (χ4v) is 2.85. The molecule has 1 N–H and O–H groups in total. The van der Waals surface area contributed by atoms with Gasteiger partial charge < -0.3 is 5.32 Å². The summed E-state index contributed by atoms with van der Waals surface area (Å²) in [7, 11) is 0. The van der Waals surface area contributed by atoms with Gasteiger partial charge in [0.05, 0.1) is 6.04 Å². The molecular formula is C18H23BrN2. The number of halogens is 1. The maximum Gasteiger partial charge on any atom is 0.0592 e. The average molecular weight is 347 g/mol. The second kappa shape index (κ2) is 8.30. The molecular weight excluding hydrogens is 324 g/mol. The molecule has 21 heavy (non-hydrogen) atoms. The van der Waals surface area contributed by atoms with E-state index in [2.05, 4.69) is 70.4 Å². The van der Waals surface area contributed by atoms with Crippen molar-refractivity contribution in [2.24, 2.45) is 0 Å². The molecule has 1 atom stereocenters. The van der Waals surface area contributed by atoms with Gasteiger partial charge in [-0.05, 0) is 58.1 Å². The minimum atomic E-state index is 0.200. The molecule has 0 aliphatic rings. The summed E-state index contributed by atoms with van der Waals surface area (Å²) in [5.41, 5.74) is 3.90. The number of pyridine rings is 1. The quantitative estimate of drug-likeness (QED) is 0.772. The molecule has 0 aliphatic heterocycles. The number of aryl methyl sites for hydroxylation is 1. The van der Waals surface area contributed by atoms with Crippen molar-refractivity contribution in [2.45, 2.75) is 39.2 Å². The topological polar surface area (TPSA) is 24.9 Å². The van der Waals surface area contributed by atoms with E-state index < -0.39 is 0 Å². The van der Waals surface area contributed by atoms with Crippen LogP contribution >= 0.6 is 15.9 Å². The molecule has 1 aromatic carbocycles. The van der Waals surface area contributed by atoms with E-state index in [1.165, 1.54) is 23.1 Å². The molecule has 1 unspecified atom stereocenters. The zero-order chi connectivity index (χ0) is 15.1. The van der Waals surface area contributed by atoms with Gasteiger partial charge in [-0.3, -0.25) is 4.98 Å². The molecule has 0 bridgehead atoms. The maximum atomic E-state index is 4.30. The normalized spacial score (nSPS) is 12.3. The zero-order valence-electron chi connectivity index (χ0n) is 12.8. The van der Waals surface area contributed by atoms with Gasteiger partial charge in [0.25, 0.3) is 0 Å². The lowest BCUT2D eigenvalue weighted by Crippen LogP contribution is -2.23. The third-order valence-electron chi connectivity index (χ3n) is 3.51. The van der Waals surface area contributed by atoms with Crippen LogP contribution in [0.2, 0.25) is 0 Å². The van der Waals surface area contributed by atoms with E-state index in [9.17, 15) is 0 Å². The van der Waals surface area contributed by atoms with Crippen molar-refractivity contribution in [2.75, 3.05) is 6.54 Å². The molecule has 0 saturated heterocycles. The Balaban J connectivity index is 2.26. The van der Waals surface area contributed by atoms with Crippen LogP contribution in [-0.2, 0) is 6.42 Å². The van der Waals surface area contributed by atoms with Gasteiger partial charge in [0, 0.05) is 16.9 Å². The Morgan fingerprint density at radius 1 is 1.05 bits per heavy atom. The van der Waals surface area contributed by atoms with Crippen molar-refractivity contribution in [1.29, 1.82) is 0 Å². The number of nitrogens with zero attached hydrogens (tertiary/aromatic N) is 1. The molecule has 0 spiro atoms. The number of nitrogens with one attached hydrogen (secondary N) is 1. The number of hydrogen-bond acceptors (Lipinski definition) is 2. The van der Waals surface area contributed by atoms with Gasteiger partial charge in [0.1, 0.15) is 0 Å². The lowest BCUT2D eigenvalue weighted by atomic mass is 9.98. The molecule has 3 heteroatoms. The van der Waals surface area contributed by atoms with Crippen LogP contribution in [0.4, 0.5) is 0 Å². The van der Waals surface area contributed by atoms with E-state index in [0.717, 1.165) is 23.9 Å². The average Bonchev–Trinajstić information content (AvgIpc) is 2.50. The van der Waals surface area contributed by atoms with E-state index in [1.807, 2.05) is 12.4 Å². The molecule has 0 aliphatic carbocycles. The van der Waals surface area contributed by atoms with Crippen molar-refractivity contribution in [3.05, 3.63) is 63.9 Å². The number of rotatable bonds is 7. The van der Waals surface area contributed by atoms with E-state index in [1.54, 1.807) is 0 Å². The largest absolute Gasteiger partial charge is 0.306 e. The summed E-state index contributed by atoms with van der Waals surface area (Å²) in [6, 6.07) is 11.3. The van der Waals surface area contributed by atoms with Gasteiger partial charge in [0.2, 0.25) is 0 Å². The van der Waals surface area contributed by atoms with Gasteiger partial charge in [0.15, 0.2) is 0 Å². The van der Waals surface area contributed by atoms with Crippen LogP contribution in [0.1, 0.15) is 49.4 Å². The molecule has 0 radical (unpaired) electrons. The lowest BCUT2D eigenvalue weighted by Gasteiger charge is -2.20. The first kappa shape index (κ1) is 16.2. The summed E-state index contributed by atoms with van der Waals surface area (Å²) in [5.74, 6) is 0. The minimum Gasteiger partial charge on any atom is -0.306 e. The van der Waals surface area contributed by atoms with Crippen LogP contribution in [-0.4, -0.2) is 11.5 Å². The Labute approximate surface area is 136 Å². The molecule has 1 aromatic heterocycles. The summed E-state index contributed by atoms with van der Waals surface area (Å²) in [5, 5.41) is 3.62. The zero-order valence-corrected chi connectivity index (χ0v) is 14.4. The number of hydrogen-bond donors (Lipinski definition) is 1. The summed E-state index contributed by atoms with van der Waals surface area (Å²) in [4.78, 5) is 4.30. The summed E-state index contributed by atoms with van der Waals surface area (Å²) < 4.78 is 1.02. The highest BCUT2D eigenvalue weighted by atomic mass is 79.9. The highest BCUT2D eigenvalue weighted by Crippen LogP contribution is 2.24. The first-order valence-corrected chi connectivity index (χ1v) is 8.46. The smallest absolute Gasteiger partial charge is 0.0592 e. The number of benzene rings is 1. The van der Waals surface area contributed by atoms with Crippen LogP contribution in [0, 0.1) is 0 Å². The highest BCUT2D eigenvalue weighted by molar-refractivity contribution is 9.10. The van der Waals surface area contributed by atoms with Gasteiger partial charge in [-0.25, -0.2) is 0 Å². The van der Waals surface area contributed by atoms with Gasteiger partial charge in [-0.2, -0.15) is 0 Å². The molecule has 1 heterocycles. The standard InChI is InChI=1S/C18H23BrN2/c1-3-5-14-6-8-15(9-7-14)18(21-10-4-2)16-11-17(19)13-20-12-16/h6-9,11-13,18,21H,3-5,10H2,1-2H3. The first-order valence-electron chi connectivity index (χ1n) is 7.67. The second-order valence-corrected chi connectivity index (χ2v) is 6.23. The van der Waals surface area contributed by atoms with Crippen molar-refractivity contribution in [1.82, 2.24) is 10.3 Å². The Morgan fingerprint density at radius 2 is 1.81 bits per heavy atom. The Morgan fingerprint density at radius 3 is 2.43 bits per heavy atom. The fourth-order valence-electron chi connectivity index (χ4n) is 2.47. The van der Waals surface area contributed by atoms with Crippen molar-refractivity contribution in [3.8, 4) is 0 Å².